The zero-order chi connectivity index (χ0) is 15.6. The molecule has 1 amide bonds. The predicted octanol–water partition coefficient (Wildman–Crippen LogP) is 0.0130. The SMILES string of the molecule is CN(C)/C=C1\CN(c2nccc(C(=O)N(C)C)n2)CC1=O. The van der Waals surface area contributed by atoms with Crippen LogP contribution in [0.3, 0.4) is 0 Å². The molecule has 0 saturated carbocycles. The highest BCUT2D eigenvalue weighted by atomic mass is 16.2. The summed E-state index contributed by atoms with van der Waals surface area (Å²) in [7, 11) is 7.08. The lowest BCUT2D eigenvalue weighted by molar-refractivity contribution is -0.113. The molecule has 0 bridgehead atoms. The first-order chi connectivity index (χ1) is 9.88. The molecule has 112 valence electrons. The Labute approximate surface area is 123 Å². The van der Waals surface area contributed by atoms with Crippen LogP contribution in [0.1, 0.15) is 10.5 Å². The largest absolute Gasteiger partial charge is 0.383 e. The molecule has 1 saturated heterocycles. The molecule has 0 aliphatic carbocycles. The molecule has 1 aliphatic heterocycles. The van der Waals surface area contributed by atoms with E-state index < -0.39 is 0 Å². The molecular weight excluding hydrogens is 270 g/mol. The van der Waals surface area contributed by atoms with Gasteiger partial charge in [0.05, 0.1) is 13.1 Å². The van der Waals surface area contributed by atoms with Crippen LogP contribution in [0.2, 0.25) is 0 Å². The van der Waals surface area contributed by atoms with Crippen LogP contribution in [-0.4, -0.2) is 72.7 Å². The van der Waals surface area contributed by atoms with Crippen molar-refractivity contribution in [3.8, 4) is 0 Å². The summed E-state index contributed by atoms with van der Waals surface area (Å²) in [5.41, 5.74) is 1.04. The Hall–Kier alpha value is -2.44. The van der Waals surface area contributed by atoms with Crippen molar-refractivity contribution in [2.75, 3.05) is 46.2 Å². The molecule has 2 rings (SSSR count). The summed E-state index contributed by atoms with van der Waals surface area (Å²) in [6.07, 6.45) is 3.34. The number of amides is 1. The van der Waals surface area contributed by atoms with Gasteiger partial charge in [-0.3, -0.25) is 9.59 Å². The molecule has 1 fully saturated rings. The molecule has 1 aliphatic rings. The summed E-state index contributed by atoms with van der Waals surface area (Å²) in [6.45, 7) is 0.690. The maximum atomic E-state index is 12.0. The number of rotatable bonds is 3. The van der Waals surface area contributed by atoms with E-state index in [1.807, 2.05) is 19.0 Å². The van der Waals surface area contributed by atoms with Crippen molar-refractivity contribution in [1.82, 2.24) is 19.8 Å². The van der Waals surface area contributed by atoms with Crippen LogP contribution >= 0.6 is 0 Å². The van der Waals surface area contributed by atoms with Crippen molar-refractivity contribution >= 4 is 17.6 Å². The van der Waals surface area contributed by atoms with Crippen LogP contribution in [0.15, 0.2) is 24.0 Å². The minimum absolute atomic E-state index is 0.0524. The zero-order valence-corrected chi connectivity index (χ0v) is 12.7. The molecule has 0 N–H and O–H groups in total. The van der Waals surface area contributed by atoms with E-state index in [4.69, 9.17) is 0 Å². The second kappa shape index (κ2) is 5.90. The summed E-state index contributed by atoms with van der Waals surface area (Å²) >= 11 is 0. The van der Waals surface area contributed by atoms with Crippen molar-refractivity contribution in [2.45, 2.75) is 0 Å². The van der Waals surface area contributed by atoms with Crippen molar-refractivity contribution in [3.05, 3.63) is 29.7 Å². The van der Waals surface area contributed by atoms with Crippen LogP contribution in [0.4, 0.5) is 5.95 Å². The first-order valence-corrected chi connectivity index (χ1v) is 6.58. The van der Waals surface area contributed by atoms with Crippen LogP contribution in [0.5, 0.6) is 0 Å². The highest BCUT2D eigenvalue weighted by Gasteiger charge is 2.27. The van der Waals surface area contributed by atoms with Crippen molar-refractivity contribution in [3.63, 3.8) is 0 Å². The van der Waals surface area contributed by atoms with Gasteiger partial charge in [-0.15, -0.1) is 0 Å². The average Bonchev–Trinajstić information content (AvgIpc) is 2.78. The van der Waals surface area contributed by atoms with E-state index in [0.29, 0.717) is 23.8 Å². The summed E-state index contributed by atoms with van der Waals surface area (Å²) in [5.74, 6) is 0.267. The van der Waals surface area contributed by atoms with E-state index in [-0.39, 0.29) is 18.2 Å². The monoisotopic (exact) mass is 289 g/mol. The molecule has 1 aromatic heterocycles. The third kappa shape index (κ3) is 3.36. The maximum absolute atomic E-state index is 12.0. The fourth-order valence-electron chi connectivity index (χ4n) is 2.04. The number of nitrogens with zero attached hydrogens (tertiary/aromatic N) is 5. The van der Waals surface area contributed by atoms with E-state index in [9.17, 15) is 9.59 Å². The molecule has 7 nitrogen and oxygen atoms in total. The Morgan fingerprint density at radius 3 is 2.62 bits per heavy atom. The second-order valence-electron chi connectivity index (χ2n) is 5.34. The minimum Gasteiger partial charge on any atom is -0.383 e. The number of carbonyl (C=O) groups is 2. The van der Waals surface area contributed by atoms with Gasteiger partial charge < -0.3 is 14.7 Å². The molecule has 0 spiro atoms. The summed E-state index contributed by atoms with van der Waals surface area (Å²) < 4.78 is 0. The van der Waals surface area contributed by atoms with Crippen LogP contribution < -0.4 is 4.90 Å². The summed E-state index contributed by atoms with van der Waals surface area (Å²) in [6, 6.07) is 1.57. The van der Waals surface area contributed by atoms with Crippen molar-refractivity contribution in [1.29, 1.82) is 0 Å². The highest BCUT2D eigenvalue weighted by Crippen LogP contribution is 2.18. The normalized spacial score (nSPS) is 16.5. The molecule has 1 aromatic rings. The Balaban J connectivity index is 2.22. The molecule has 0 radical (unpaired) electrons. The molecule has 0 atom stereocenters. The standard InChI is InChI=1S/C14H19N5O2/c1-17(2)7-10-8-19(9-12(10)20)14-15-6-5-11(16-14)13(21)18(3)4/h5-7H,8-9H2,1-4H3/b10-7+. The molecule has 2 heterocycles. The van der Waals surface area contributed by atoms with E-state index >= 15 is 0 Å². The van der Waals surface area contributed by atoms with E-state index in [1.165, 1.54) is 11.1 Å². The van der Waals surface area contributed by atoms with Gasteiger partial charge in [-0.25, -0.2) is 9.97 Å². The molecular formula is C14H19N5O2. The second-order valence-corrected chi connectivity index (χ2v) is 5.34. The van der Waals surface area contributed by atoms with Gasteiger partial charge >= 0.3 is 0 Å². The van der Waals surface area contributed by atoms with Crippen molar-refractivity contribution in [2.24, 2.45) is 0 Å². The summed E-state index contributed by atoms with van der Waals surface area (Å²) in [5, 5.41) is 0. The number of anilines is 1. The lowest BCUT2D eigenvalue weighted by Crippen LogP contribution is -2.26. The number of hydrogen-bond acceptors (Lipinski definition) is 6. The van der Waals surface area contributed by atoms with E-state index in [2.05, 4.69) is 9.97 Å². The van der Waals surface area contributed by atoms with E-state index in [0.717, 1.165) is 0 Å². The van der Waals surface area contributed by atoms with Gasteiger partial charge in [0, 0.05) is 46.2 Å². The maximum Gasteiger partial charge on any atom is 0.272 e. The third-order valence-electron chi connectivity index (χ3n) is 3.02. The Morgan fingerprint density at radius 2 is 2.00 bits per heavy atom. The molecule has 0 aromatic carbocycles. The molecule has 0 unspecified atom stereocenters. The lowest BCUT2D eigenvalue weighted by atomic mass is 10.2. The van der Waals surface area contributed by atoms with Gasteiger partial charge in [0.15, 0.2) is 5.78 Å². The number of hydrogen-bond donors (Lipinski definition) is 0. The average molecular weight is 289 g/mol. The predicted molar refractivity (Wildman–Crippen MR) is 79.0 cm³/mol. The van der Waals surface area contributed by atoms with E-state index in [1.54, 1.807) is 31.3 Å². The number of Topliss-reactive ketones (excluding diaryl/α,β-unsaturated/α-hetero) is 1. The van der Waals surface area contributed by atoms with Crippen molar-refractivity contribution < 1.29 is 9.59 Å². The smallest absolute Gasteiger partial charge is 0.272 e. The summed E-state index contributed by atoms with van der Waals surface area (Å²) in [4.78, 5) is 37.3. The van der Waals surface area contributed by atoms with Gasteiger partial charge in [0.1, 0.15) is 5.69 Å². The number of ketones is 1. The third-order valence-corrected chi connectivity index (χ3v) is 3.02. The molecule has 21 heavy (non-hydrogen) atoms. The minimum atomic E-state index is -0.187. The fraction of sp³-hybridized carbons (Fsp3) is 0.429. The topological polar surface area (TPSA) is 69.6 Å². The highest BCUT2D eigenvalue weighted by molar-refractivity contribution is 6.02. The van der Waals surface area contributed by atoms with Gasteiger partial charge in [-0.05, 0) is 6.07 Å². The Morgan fingerprint density at radius 1 is 1.29 bits per heavy atom. The van der Waals surface area contributed by atoms with Crippen LogP contribution in [0, 0.1) is 0 Å². The zero-order valence-electron chi connectivity index (χ0n) is 12.7. The van der Waals surface area contributed by atoms with Gasteiger partial charge in [-0.2, -0.15) is 0 Å². The lowest BCUT2D eigenvalue weighted by Gasteiger charge is -2.15. The molecule has 7 heteroatoms. The number of aromatic nitrogens is 2. The quantitative estimate of drug-likeness (QED) is 0.730. The first-order valence-electron chi connectivity index (χ1n) is 6.58. The van der Waals surface area contributed by atoms with Gasteiger partial charge in [0.2, 0.25) is 5.95 Å². The van der Waals surface area contributed by atoms with Gasteiger partial charge in [0.25, 0.3) is 5.91 Å². The number of carbonyl (C=O) groups excluding carboxylic acids is 2. The van der Waals surface area contributed by atoms with Crippen LogP contribution in [-0.2, 0) is 4.79 Å². The Bertz CT molecular complexity index is 595. The Kier molecular flexibility index (Phi) is 4.21. The van der Waals surface area contributed by atoms with Crippen LogP contribution in [0.25, 0.3) is 0 Å². The fourth-order valence-corrected chi connectivity index (χ4v) is 2.04. The first kappa shape index (κ1) is 15.0. The van der Waals surface area contributed by atoms with Gasteiger partial charge in [-0.1, -0.05) is 0 Å².